The van der Waals surface area contributed by atoms with Crippen molar-refractivity contribution in [3.8, 4) is 12.3 Å². The number of hydrogen-bond acceptors (Lipinski definition) is 4. The molecule has 2 unspecified atom stereocenters. The number of carbonyl (C=O) groups is 1. The molecule has 0 bridgehead atoms. The van der Waals surface area contributed by atoms with E-state index in [1.165, 1.54) is 0 Å². The zero-order valence-electron chi connectivity index (χ0n) is 13.2. The fourth-order valence-electron chi connectivity index (χ4n) is 2.67. The van der Waals surface area contributed by atoms with Gasteiger partial charge in [-0.3, -0.25) is 10.2 Å². The smallest absolute Gasteiger partial charge is 0.234 e. The standard InChI is InChI=1S/C17H20N2O3S/c1-4-8-23(21,22)15-7-5-6-14(11-15)9-12(2)17-13(3)10-16(20)18-19-17/h1,5-7,9,11,13,17,19H,8,10H2,2-3H3,(H,18,20)/b12-9+. The second-order valence-corrected chi connectivity index (χ2v) is 7.77. The van der Waals surface area contributed by atoms with Gasteiger partial charge in [0.1, 0.15) is 5.75 Å². The molecule has 23 heavy (non-hydrogen) atoms. The first-order valence-corrected chi connectivity index (χ1v) is 8.97. The summed E-state index contributed by atoms with van der Waals surface area (Å²) in [5.74, 6) is 2.00. The molecule has 6 heteroatoms. The van der Waals surface area contributed by atoms with Gasteiger partial charge in [0.05, 0.1) is 10.9 Å². The highest BCUT2D eigenvalue weighted by Gasteiger charge is 2.26. The van der Waals surface area contributed by atoms with E-state index in [0.29, 0.717) is 6.42 Å². The first-order valence-electron chi connectivity index (χ1n) is 7.32. The Bertz CT molecular complexity index is 775. The van der Waals surface area contributed by atoms with Gasteiger partial charge in [0.2, 0.25) is 5.91 Å². The Balaban J connectivity index is 2.26. The lowest BCUT2D eigenvalue weighted by Crippen LogP contribution is -2.53. The van der Waals surface area contributed by atoms with Gasteiger partial charge in [-0.1, -0.05) is 36.6 Å². The second-order valence-electron chi connectivity index (χ2n) is 5.78. The summed E-state index contributed by atoms with van der Waals surface area (Å²) < 4.78 is 24.1. The first-order chi connectivity index (χ1) is 10.8. The van der Waals surface area contributed by atoms with Crippen molar-refractivity contribution >= 4 is 21.8 Å². The third-order valence-electron chi connectivity index (χ3n) is 3.82. The highest BCUT2D eigenvalue weighted by Crippen LogP contribution is 2.21. The Morgan fingerprint density at radius 3 is 2.87 bits per heavy atom. The summed E-state index contributed by atoms with van der Waals surface area (Å²) in [6.07, 6.45) is 7.49. The zero-order valence-corrected chi connectivity index (χ0v) is 14.0. The van der Waals surface area contributed by atoms with Gasteiger partial charge >= 0.3 is 0 Å². The van der Waals surface area contributed by atoms with Crippen molar-refractivity contribution in [3.63, 3.8) is 0 Å². The molecule has 0 saturated carbocycles. The Kier molecular flexibility index (Phi) is 5.24. The van der Waals surface area contributed by atoms with Gasteiger partial charge in [-0.05, 0) is 30.5 Å². The minimum atomic E-state index is -3.45. The quantitative estimate of drug-likeness (QED) is 0.820. The highest BCUT2D eigenvalue weighted by atomic mass is 32.2. The summed E-state index contributed by atoms with van der Waals surface area (Å²) in [6, 6.07) is 6.70. The van der Waals surface area contributed by atoms with Crippen LogP contribution in [0.4, 0.5) is 0 Å². The zero-order chi connectivity index (χ0) is 17.0. The molecule has 1 aliphatic heterocycles. The van der Waals surface area contributed by atoms with Crippen LogP contribution in [0.5, 0.6) is 0 Å². The van der Waals surface area contributed by atoms with Crippen molar-refractivity contribution in [2.45, 2.75) is 31.2 Å². The lowest BCUT2D eigenvalue weighted by Gasteiger charge is -2.30. The molecule has 1 fully saturated rings. The molecule has 1 aliphatic rings. The van der Waals surface area contributed by atoms with E-state index in [0.717, 1.165) is 11.1 Å². The van der Waals surface area contributed by atoms with Crippen LogP contribution in [-0.2, 0) is 14.6 Å². The first kappa shape index (κ1) is 17.3. The molecule has 0 spiro atoms. The molecule has 5 nitrogen and oxygen atoms in total. The van der Waals surface area contributed by atoms with Crippen molar-refractivity contribution < 1.29 is 13.2 Å². The summed E-state index contributed by atoms with van der Waals surface area (Å²) in [6.45, 7) is 3.95. The van der Waals surface area contributed by atoms with Crippen molar-refractivity contribution in [1.82, 2.24) is 10.9 Å². The Morgan fingerprint density at radius 1 is 1.48 bits per heavy atom. The summed E-state index contributed by atoms with van der Waals surface area (Å²) in [5, 5.41) is 0. The normalized spacial score (nSPS) is 22.3. The van der Waals surface area contributed by atoms with Gasteiger partial charge in [0.25, 0.3) is 0 Å². The van der Waals surface area contributed by atoms with Gasteiger partial charge in [-0.25, -0.2) is 13.8 Å². The van der Waals surface area contributed by atoms with Crippen LogP contribution < -0.4 is 10.9 Å². The molecule has 1 amide bonds. The van der Waals surface area contributed by atoms with E-state index in [2.05, 4.69) is 16.8 Å². The number of terminal acetylenes is 1. The number of sulfone groups is 1. The fourth-order valence-corrected chi connectivity index (χ4v) is 3.66. The van der Waals surface area contributed by atoms with E-state index < -0.39 is 9.84 Å². The molecule has 1 aromatic rings. The summed E-state index contributed by atoms with van der Waals surface area (Å²) in [5.41, 5.74) is 7.43. The predicted octanol–water partition coefficient (Wildman–Crippen LogP) is 1.53. The third-order valence-corrected chi connectivity index (χ3v) is 5.34. The number of hydrazine groups is 1. The monoisotopic (exact) mass is 332 g/mol. The van der Waals surface area contributed by atoms with Gasteiger partial charge in [-0.15, -0.1) is 6.42 Å². The summed E-state index contributed by atoms with van der Waals surface area (Å²) >= 11 is 0. The topological polar surface area (TPSA) is 75.3 Å². The molecule has 2 N–H and O–H groups in total. The maximum atomic E-state index is 12.0. The van der Waals surface area contributed by atoms with Crippen LogP contribution in [0.15, 0.2) is 34.7 Å². The molecule has 1 saturated heterocycles. The molecule has 2 atom stereocenters. The number of carbonyl (C=O) groups excluding carboxylic acids is 1. The van der Waals surface area contributed by atoms with Crippen molar-refractivity contribution in [3.05, 3.63) is 35.4 Å². The maximum Gasteiger partial charge on any atom is 0.234 e. The molecule has 0 aliphatic carbocycles. The van der Waals surface area contributed by atoms with E-state index in [9.17, 15) is 13.2 Å². The molecular weight excluding hydrogens is 312 g/mol. The SMILES string of the molecule is C#CCS(=O)(=O)c1cccc(/C=C(\C)C2NNC(=O)CC2C)c1. The van der Waals surface area contributed by atoms with Crippen LogP contribution in [0.2, 0.25) is 0 Å². The summed E-state index contributed by atoms with van der Waals surface area (Å²) in [4.78, 5) is 11.6. The largest absolute Gasteiger partial charge is 0.291 e. The molecule has 122 valence electrons. The Morgan fingerprint density at radius 2 is 2.22 bits per heavy atom. The van der Waals surface area contributed by atoms with Crippen LogP contribution in [0.25, 0.3) is 6.08 Å². The van der Waals surface area contributed by atoms with Gasteiger partial charge in [0.15, 0.2) is 9.84 Å². The van der Waals surface area contributed by atoms with Crippen molar-refractivity contribution in [1.29, 1.82) is 0 Å². The minimum absolute atomic E-state index is 0.0127. The Labute approximate surface area is 137 Å². The van der Waals surface area contributed by atoms with E-state index in [-0.39, 0.29) is 28.5 Å². The van der Waals surface area contributed by atoms with Crippen LogP contribution in [0.1, 0.15) is 25.8 Å². The van der Waals surface area contributed by atoms with E-state index in [1.54, 1.807) is 18.2 Å². The van der Waals surface area contributed by atoms with Crippen LogP contribution in [0, 0.1) is 18.3 Å². The van der Waals surface area contributed by atoms with Gasteiger partial charge < -0.3 is 0 Å². The average Bonchev–Trinajstić information content (AvgIpc) is 2.47. The lowest BCUT2D eigenvalue weighted by atomic mass is 9.90. The number of hydrogen-bond donors (Lipinski definition) is 2. The second kappa shape index (κ2) is 6.99. The van der Waals surface area contributed by atoms with Gasteiger partial charge in [-0.2, -0.15) is 0 Å². The van der Waals surface area contributed by atoms with E-state index in [4.69, 9.17) is 6.42 Å². The van der Waals surface area contributed by atoms with E-state index >= 15 is 0 Å². The predicted molar refractivity (Wildman–Crippen MR) is 89.8 cm³/mol. The molecular formula is C17H20N2O3S. The molecule has 1 heterocycles. The number of nitrogens with one attached hydrogen (secondary N) is 2. The van der Waals surface area contributed by atoms with Crippen LogP contribution >= 0.6 is 0 Å². The molecule has 0 radical (unpaired) electrons. The molecule has 2 rings (SSSR count). The van der Waals surface area contributed by atoms with E-state index in [1.807, 2.05) is 26.0 Å². The number of benzene rings is 1. The number of rotatable bonds is 4. The van der Waals surface area contributed by atoms with Crippen LogP contribution in [0.3, 0.4) is 0 Å². The van der Waals surface area contributed by atoms with Crippen LogP contribution in [-0.4, -0.2) is 26.1 Å². The van der Waals surface area contributed by atoms with Crippen molar-refractivity contribution in [2.75, 3.05) is 5.75 Å². The number of amides is 1. The van der Waals surface area contributed by atoms with Gasteiger partial charge in [0, 0.05) is 6.42 Å². The molecule has 0 aromatic heterocycles. The lowest BCUT2D eigenvalue weighted by molar-refractivity contribution is -0.125. The third kappa shape index (κ3) is 4.21. The molecule has 1 aromatic carbocycles. The minimum Gasteiger partial charge on any atom is -0.291 e. The fraction of sp³-hybridized carbons (Fsp3) is 0.353. The highest BCUT2D eigenvalue weighted by molar-refractivity contribution is 7.91. The Hall–Kier alpha value is -2.10. The average molecular weight is 332 g/mol. The maximum absolute atomic E-state index is 12.0. The summed E-state index contributed by atoms with van der Waals surface area (Å²) in [7, 11) is -3.45. The van der Waals surface area contributed by atoms with Crippen molar-refractivity contribution in [2.24, 2.45) is 5.92 Å².